The number of hydrogen-bond donors (Lipinski definition) is 1. The number of nitrogens with one attached hydrogen (secondary N) is 1. The van der Waals surface area contributed by atoms with Crippen LogP contribution in [0.1, 0.15) is 19.2 Å². The van der Waals surface area contributed by atoms with Crippen LogP contribution in [-0.2, 0) is 11.3 Å². The zero-order chi connectivity index (χ0) is 19.2. The van der Waals surface area contributed by atoms with Crippen molar-refractivity contribution in [2.24, 2.45) is 0 Å². The molecule has 0 spiro atoms. The fourth-order valence-electron chi connectivity index (χ4n) is 2.73. The number of carbonyl (C=O) groups is 1. The summed E-state index contributed by atoms with van der Waals surface area (Å²) in [6.07, 6.45) is 0.778. The molecule has 7 heteroatoms. The third-order valence-corrected chi connectivity index (χ3v) is 4.25. The molecule has 2 aromatic carbocycles. The molecule has 0 saturated heterocycles. The number of para-hydroxylation sites is 1. The molecule has 3 rings (SSSR count). The topological polar surface area (TPSA) is 75.3 Å². The van der Waals surface area contributed by atoms with E-state index in [1.165, 1.54) is 0 Å². The Morgan fingerprint density at radius 2 is 2.00 bits per heavy atom. The van der Waals surface area contributed by atoms with E-state index in [2.05, 4.69) is 9.97 Å². The third kappa shape index (κ3) is 4.86. The number of hydrogen-bond acceptors (Lipinski definition) is 4. The van der Waals surface area contributed by atoms with Crippen LogP contribution in [0, 0.1) is 0 Å². The zero-order valence-electron chi connectivity index (χ0n) is 14.9. The predicted molar refractivity (Wildman–Crippen MR) is 105 cm³/mol. The Kier molecular flexibility index (Phi) is 6.08. The molecule has 0 atom stereocenters. The SMILES string of the molecule is CCCN(Cc1nc2cc(Cl)ccc2c(=O)[nH]1)C(=O)COc1ccccc1. The van der Waals surface area contributed by atoms with Gasteiger partial charge in [0.2, 0.25) is 0 Å². The van der Waals surface area contributed by atoms with Crippen LogP contribution in [0.3, 0.4) is 0 Å². The Hall–Kier alpha value is -2.86. The van der Waals surface area contributed by atoms with Gasteiger partial charge in [-0.25, -0.2) is 4.98 Å². The highest BCUT2D eigenvalue weighted by Gasteiger charge is 2.16. The van der Waals surface area contributed by atoms with Crippen molar-refractivity contribution < 1.29 is 9.53 Å². The molecule has 0 saturated carbocycles. The minimum atomic E-state index is -0.254. The van der Waals surface area contributed by atoms with Crippen molar-refractivity contribution in [1.29, 1.82) is 0 Å². The molecule has 1 heterocycles. The van der Waals surface area contributed by atoms with E-state index in [0.29, 0.717) is 34.0 Å². The molecule has 0 bridgehead atoms. The molecule has 0 radical (unpaired) electrons. The van der Waals surface area contributed by atoms with Gasteiger partial charge in [0, 0.05) is 11.6 Å². The first-order valence-electron chi connectivity index (χ1n) is 8.71. The van der Waals surface area contributed by atoms with Gasteiger partial charge in [-0.15, -0.1) is 0 Å². The quantitative estimate of drug-likeness (QED) is 0.676. The maximum Gasteiger partial charge on any atom is 0.260 e. The van der Waals surface area contributed by atoms with Gasteiger partial charge in [0.1, 0.15) is 11.6 Å². The Balaban J connectivity index is 1.76. The summed E-state index contributed by atoms with van der Waals surface area (Å²) < 4.78 is 5.54. The molecule has 140 valence electrons. The number of benzene rings is 2. The van der Waals surface area contributed by atoms with Gasteiger partial charge in [0.05, 0.1) is 17.4 Å². The summed E-state index contributed by atoms with van der Waals surface area (Å²) in [5.74, 6) is 0.875. The highest BCUT2D eigenvalue weighted by molar-refractivity contribution is 6.31. The van der Waals surface area contributed by atoms with Crippen LogP contribution in [0.15, 0.2) is 53.3 Å². The minimum absolute atomic E-state index is 0.0757. The predicted octanol–water partition coefficient (Wildman–Crippen LogP) is 3.39. The van der Waals surface area contributed by atoms with Gasteiger partial charge in [-0.2, -0.15) is 0 Å². The number of amides is 1. The lowest BCUT2D eigenvalue weighted by molar-refractivity contribution is -0.134. The van der Waals surface area contributed by atoms with Gasteiger partial charge in [0.15, 0.2) is 6.61 Å². The smallest absolute Gasteiger partial charge is 0.260 e. The summed E-state index contributed by atoms with van der Waals surface area (Å²) in [6, 6.07) is 14.1. The van der Waals surface area contributed by atoms with Gasteiger partial charge in [0.25, 0.3) is 11.5 Å². The standard InChI is InChI=1S/C20H20ClN3O3/c1-2-10-24(19(25)13-27-15-6-4-3-5-7-15)12-18-22-17-11-14(21)8-9-16(17)20(26)23-18/h3-9,11H,2,10,12-13H2,1H3,(H,22,23,26). The van der Waals surface area contributed by atoms with Crippen molar-refractivity contribution in [1.82, 2.24) is 14.9 Å². The molecule has 0 unspecified atom stereocenters. The van der Waals surface area contributed by atoms with E-state index in [1.54, 1.807) is 35.2 Å². The lowest BCUT2D eigenvalue weighted by Gasteiger charge is -2.21. The van der Waals surface area contributed by atoms with Gasteiger partial charge in [-0.3, -0.25) is 9.59 Å². The van der Waals surface area contributed by atoms with Crippen molar-refractivity contribution >= 4 is 28.4 Å². The molecule has 6 nitrogen and oxygen atoms in total. The Labute approximate surface area is 161 Å². The number of ether oxygens (including phenoxy) is 1. The van der Waals surface area contributed by atoms with Crippen LogP contribution in [0.4, 0.5) is 0 Å². The van der Waals surface area contributed by atoms with E-state index < -0.39 is 0 Å². The van der Waals surface area contributed by atoms with Crippen LogP contribution in [0.25, 0.3) is 10.9 Å². The number of nitrogens with zero attached hydrogens (tertiary/aromatic N) is 2. The van der Waals surface area contributed by atoms with E-state index >= 15 is 0 Å². The number of halogens is 1. The molecular weight excluding hydrogens is 366 g/mol. The second-order valence-corrected chi connectivity index (χ2v) is 6.53. The van der Waals surface area contributed by atoms with Crippen molar-refractivity contribution in [3.05, 3.63) is 69.7 Å². The van der Waals surface area contributed by atoms with E-state index in [9.17, 15) is 9.59 Å². The van der Waals surface area contributed by atoms with E-state index in [1.807, 2.05) is 25.1 Å². The number of fused-ring (bicyclic) bond motifs is 1. The van der Waals surface area contributed by atoms with Crippen molar-refractivity contribution in [2.75, 3.05) is 13.2 Å². The van der Waals surface area contributed by atoms with E-state index in [-0.39, 0.29) is 24.6 Å². The number of aromatic nitrogens is 2. The Bertz CT molecular complexity index is 989. The zero-order valence-corrected chi connectivity index (χ0v) is 15.7. The molecule has 1 N–H and O–H groups in total. The minimum Gasteiger partial charge on any atom is -0.484 e. The Morgan fingerprint density at radius 3 is 2.74 bits per heavy atom. The average Bonchev–Trinajstić information content (AvgIpc) is 2.66. The van der Waals surface area contributed by atoms with E-state index in [4.69, 9.17) is 16.3 Å². The lowest BCUT2D eigenvalue weighted by atomic mass is 10.2. The Morgan fingerprint density at radius 1 is 1.22 bits per heavy atom. The summed E-state index contributed by atoms with van der Waals surface area (Å²) in [7, 11) is 0. The van der Waals surface area contributed by atoms with Gasteiger partial charge >= 0.3 is 0 Å². The maximum atomic E-state index is 12.6. The lowest BCUT2D eigenvalue weighted by Crippen LogP contribution is -2.36. The molecule has 0 fully saturated rings. The van der Waals surface area contributed by atoms with Crippen LogP contribution < -0.4 is 10.3 Å². The monoisotopic (exact) mass is 385 g/mol. The molecular formula is C20H20ClN3O3. The van der Waals surface area contributed by atoms with Crippen LogP contribution in [0.2, 0.25) is 5.02 Å². The molecule has 1 amide bonds. The highest BCUT2D eigenvalue weighted by atomic mass is 35.5. The molecule has 3 aromatic rings. The third-order valence-electron chi connectivity index (χ3n) is 4.01. The fraction of sp³-hybridized carbons (Fsp3) is 0.250. The summed E-state index contributed by atoms with van der Waals surface area (Å²) in [5, 5.41) is 0.966. The summed E-state index contributed by atoms with van der Waals surface area (Å²) in [4.78, 5) is 33.6. The normalized spacial score (nSPS) is 10.7. The maximum absolute atomic E-state index is 12.6. The second-order valence-electron chi connectivity index (χ2n) is 6.09. The fourth-order valence-corrected chi connectivity index (χ4v) is 2.90. The second kappa shape index (κ2) is 8.68. The number of rotatable bonds is 7. The van der Waals surface area contributed by atoms with Crippen molar-refractivity contribution in [3.63, 3.8) is 0 Å². The van der Waals surface area contributed by atoms with Crippen molar-refractivity contribution in [2.45, 2.75) is 19.9 Å². The first-order valence-corrected chi connectivity index (χ1v) is 9.08. The molecule has 1 aromatic heterocycles. The number of carbonyl (C=O) groups excluding carboxylic acids is 1. The summed E-state index contributed by atoms with van der Waals surface area (Å²) in [5.41, 5.74) is 0.252. The largest absolute Gasteiger partial charge is 0.484 e. The van der Waals surface area contributed by atoms with Crippen LogP contribution in [-0.4, -0.2) is 33.9 Å². The number of aromatic amines is 1. The van der Waals surface area contributed by atoms with Crippen LogP contribution in [0.5, 0.6) is 5.75 Å². The molecule has 0 aliphatic carbocycles. The van der Waals surface area contributed by atoms with E-state index in [0.717, 1.165) is 6.42 Å². The van der Waals surface area contributed by atoms with Crippen LogP contribution >= 0.6 is 11.6 Å². The summed E-state index contributed by atoms with van der Waals surface area (Å²) >= 11 is 6.00. The first-order chi connectivity index (χ1) is 13.1. The number of H-pyrrole nitrogens is 1. The molecule has 0 aliphatic heterocycles. The summed E-state index contributed by atoms with van der Waals surface area (Å²) in [6.45, 7) is 2.64. The first kappa shape index (κ1) is 18.9. The van der Waals surface area contributed by atoms with Crippen molar-refractivity contribution in [3.8, 4) is 5.75 Å². The highest BCUT2D eigenvalue weighted by Crippen LogP contribution is 2.15. The van der Waals surface area contributed by atoms with Gasteiger partial charge in [-0.1, -0.05) is 36.7 Å². The molecule has 0 aliphatic rings. The van der Waals surface area contributed by atoms with Gasteiger partial charge in [-0.05, 0) is 36.8 Å². The van der Waals surface area contributed by atoms with Gasteiger partial charge < -0.3 is 14.6 Å². The average molecular weight is 386 g/mol. The molecule has 27 heavy (non-hydrogen) atoms.